The van der Waals surface area contributed by atoms with E-state index in [9.17, 15) is 76.2 Å². The van der Waals surface area contributed by atoms with E-state index in [0.717, 1.165) is 0 Å². The molecule has 0 saturated heterocycles. The van der Waals surface area contributed by atoms with Crippen LogP contribution in [0, 0.1) is 22.7 Å². The third kappa shape index (κ3) is 25.1. The molecule has 0 radical (unpaired) electrons. The van der Waals surface area contributed by atoms with Crippen LogP contribution in [0.1, 0.15) is 142 Å². The number of guanidine groups is 2. The molecule has 1 aliphatic carbocycles. The Bertz CT molecular complexity index is 3990. The van der Waals surface area contributed by atoms with Gasteiger partial charge in [-0.25, -0.2) is 4.79 Å². The van der Waals surface area contributed by atoms with Gasteiger partial charge in [-0.1, -0.05) is 78.8 Å². The maximum absolute atomic E-state index is 14.2. The number of amides is 3. The van der Waals surface area contributed by atoms with E-state index in [2.05, 4.69) is 31.9 Å². The van der Waals surface area contributed by atoms with Crippen LogP contribution in [0.25, 0.3) is 0 Å². The number of benzene rings is 3. The number of nitrogens with one attached hydrogen (secondary N) is 8. The number of nitrogens with zero attached hydrogens (tertiary/aromatic N) is 1. The number of hydrogen-bond donors (Lipinski definition) is 15. The summed E-state index contributed by atoms with van der Waals surface area (Å²) >= 11 is 0. The highest BCUT2D eigenvalue weighted by Crippen LogP contribution is 2.49. The van der Waals surface area contributed by atoms with Gasteiger partial charge in [0, 0.05) is 61.5 Å². The smallest absolute Gasteiger partial charge is 0.326 e. The number of nitrogens with two attached hydrogens (primary N) is 2. The molecule has 3 aromatic rings. The van der Waals surface area contributed by atoms with E-state index in [-0.39, 0.29) is 112 Å². The van der Waals surface area contributed by atoms with E-state index in [4.69, 9.17) is 27.0 Å². The van der Waals surface area contributed by atoms with Gasteiger partial charge in [0.2, 0.25) is 17.7 Å². The fraction of sp³-hybridized carbons (Fsp3) is 0.508. The second kappa shape index (κ2) is 35.2. The van der Waals surface area contributed by atoms with E-state index in [1.165, 1.54) is 30.3 Å². The molecule has 0 spiro atoms. The van der Waals surface area contributed by atoms with Crippen molar-refractivity contribution in [2.45, 2.75) is 171 Å². The van der Waals surface area contributed by atoms with E-state index in [1.807, 2.05) is 77.7 Å². The number of ether oxygens (including phenoxy) is 1. The summed E-state index contributed by atoms with van der Waals surface area (Å²) in [6, 6.07) is 10.8. The van der Waals surface area contributed by atoms with Crippen LogP contribution in [-0.2, 0) is 76.9 Å². The SMILES string of the molecule is CC(C)CC(=O)N[C@@H](CCCNC(=N)N)C(=O)N[C@@H](CCCNC(=N)N)C(=O)N[C@@H](Cc1ccc(OC2=C(/C=C/C(C)C(C)(C)c3cc(S(=O)(=O)O)ccc3NCCCCS(=O)(=O)O)CCC/C2=C\C=C2\N(CCCCS(=O)(=O)O)c3ccc(S(=O)(=O)O)cc3C2(C)C)cc1)C(=O)O. The summed E-state index contributed by atoms with van der Waals surface area (Å²) in [6.07, 6.45) is 10.3. The Balaban J connectivity index is 1.56. The van der Waals surface area contributed by atoms with Gasteiger partial charge >= 0.3 is 5.97 Å². The molecule has 5 rings (SSSR count). The molecule has 3 aromatic carbocycles. The van der Waals surface area contributed by atoms with Crippen LogP contribution in [0.4, 0.5) is 11.4 Å². The van der Waals surface area contributed by atoms with Crippen molar-refractivity contribution in [3.63, 3.8) is 0 Å². The van der Waals surface area contributed by atoms with Crippen molar-refractivity contribution < 1.29 is 80.9 Å². The van der Waals surface area contributed by atoms with Crippen molar-refractivity contribution in [2.75, 3.05) is 47.9 Å². The number of hydrogen-bond acceptors (Lipinski definition) is 17. The van der Waals surface area contributed by atoms with E-state index in [1.54, 1.807) is 30.3 Å². The Kier molecular flexibility index (Phi) is 29.0. The number of unbranched alkanes of at least 4 members (excludes halogenated alkanes) is 2. The summed E-state index contributed by atoms with van der Waals surface area (Å²) in [5.41, 5.74) is 13.8. The number of carboxylic acids is 1. The minimum absolute atomic E-state index is 0.0393. The van der Waals surface area contributed by atoms with Gasteiger partial charge in [-0.05, 0) is 170 Å². The van der Waals surface area contributed by atoms with Crippen molar-refractivity contribution in [2.24, 2.45) is 23.3 Å². The topological polar surface area (TPSA) is 490 Å². The molecule has 17 N–H and O–H groups in total. The number of carboxylic acid groups (broad SMARTS) is 1. The number of carbonyl (C=O) groups excluding carboxylic acids is 3. The summed E-state index contributed by atoms with van der Waals surface area (Å²) in [4.78, 5) is 55.3. The Labute approximate surface area is 574 Å². The van der Waals surface area contributed by atoms with Crippen LogP contribution in [0.3, 0.4) is 0 Å². The van der Waals surface area contributed by atoms with Gasteiger partial charge in [0.25, 0.3) is 40.5 Å². The summed E-state index contributed by atoms with van der Waals surface area (Å²) in [5, 5.41) is 42.1. The summed E-state index contributed by atoms with van der Waals surface area (Å²) in [7, 11) is -17.8. The Morgan fingerprint density at radius 3 is 1.80 bits per heavy atom. The first-order valence-corrected chi connectivity index (χ1v) is 38.2. The highest BCUT2D eigenvalue weighted by molar-refractivity contribution is 7.86. The van der Waals surface area contributed by atoms with Crippen molar-refractivity contribution in [1.29, 1.82) is 10.8 Å². The largest absolute Gasteiger partial charge is 0.480 e. The fourth-order valence-corrected chi connectivity index (χ4v) is 13.6. The van der Waals surface area contributed by atoms with Crippen LogP contribution >= 0.6 is 0 Å². The lowest BCUT2D eigenvalue weighted by Gasteiger charge is -2.33. The molecular formula is C65H95N11O18S4. The molecule has 1 aliphatic heterocycles. The van der Waals surface area contributed by atoms with Gasteiger partial charge in [-0.2, -0.15) is 33.7 Å². The Hall–Kier alpha value is -7.92. The second-order valence-electron chi connectivity index (χ2n) is 25.9. The van der Waals surface area contributed by atoms with Crippen LogP contribution in [-0.4, -0.2) is 148 Å². The summed E-state index contributed by atoms with van der Waals surface area (Å²) in [6.45, 7) is 13.9. The first-order valence-electron chi connectivity index (χ1n) is 32.1. The molecule has 0 fully saturated rings. The molecule has 29 nitrogen and oxygen atoms in total. The number of anilines is 2. The molecular weight excluding hydrogens is 1350 g/mol. The van der Waals surface area contributed by atoms with E-state index >= 15 is 0 Å². The predicted octanol–water partition coefficient (Wildman–Crippen LogP) is 6.18. The molecule has 33 heteroatoms. The van der Waals surface area contributed by atoms with Crippen LogP contribution in [0.15, 0.2) is 117 Å². The molecule has 2 aliphatic rings. The maximum Gasteiger partial charge on any atom is 0.326 e. The average molecular weight is 1450 g/mol. The van der Waals surface area contributed by atoms with Gasteiger partial charge in [-0.3, -0.25) is 43.4 Å². The lowest BCUT2D eigenvalue weighted by atomic mass is 9.73. The zero-order chi connectivity index (χ0) is 73.1. The number of aliphatic carboxylic acids is 1. The number of carbonyl (C=O) groups is 4. The van der Waals surface area contributed by atoms with Gasteiger partial charge in [0.1, 0.15) is 29.6 Å². The Morgan fingerprint density at radius 2 is 1.24 bits per heavy atom. The number of allylic oxidation sites excluding steroid dienone is 7. The summed E-state index contributed by atoms with van der Waals surface area (Å²) in [5.74, 6) is -4.68. The molecule has 542 valence electrons. The highest BCUT2D eigenvalue weighted by atomic mass is 32.2. The quantitative estimate of drug-likeness (QED) is 0.0132. The molecule has 3 amide bonds. The average Bonchev–Trinajstić information content (AvgIpc) is 1.55. The van der Waals surface area contributed by atoms with Crippen molar-refractivity contribution >= 4 is 87.5 Å². The molecule has 0 saturated carbocycles. The minimum Gasteiger partial charge on any atom is -0.480 e. The van der Waals surface area contributed by atoms with Gasteiger partial charge in [-0.15, -0.1) is 0 Å². The van der Waals surface area contributed by atoms with Crippen molar-refractivity contribution in [1.82, 2.24) is 26.6 Å². The summed E-state index contributed by atoms with van der Waals surface area (Å²) < 4.78 is 142. The monoisotopic (exact) mass is 1450 g/mol. The van der Waals surface area contributed by atoms with Crippen LogP contribution in [0.5, 0.6) is 5.75 Å². The third-order valence-electron chi connectivity index (χ3n) is 17.0. The lowest BCUT2D eigenvalue weighted by molar-refractivity contribution is -0.142. The van der Waals surface area contributed by atoms with Gasteiger partial charge < -0.3 is 58.1 Å². The predicted molar refractivity (Wildman–Crippen MR) is 373 cm³/mol. The Morgan fingerprint density at radius 1 is 0.694 bits per heavy atom. The van der Waals surface area contributed by atoms with Crippen molar-refractivity contribution in [3.05, 3.63) is 124 Å². The molecule has 0 bridgehead atoms. The maximum atomic E-state index is 14.2. The molecule has 98 heavy (non-hydrogen) atoms. The van der Waals surface area contributed by atoms with E-state index < -0.39 is 111 Å². The molecule has 4 atom stereocenters. The van der Waals surface area contributed by atoms with Gasteiger partial charge in [0.15, 0.2) is 11.9 Å². The molecule has 1 unspecified atom stereocenters. The van der Waals surface area contributed by atoms with Crippen LogP contribution in [0.2, 0.25) is 0 Å². The zero-order valence-electron chi connectivity index (χ0n) is 56.2. The van der Waals surface area contributed by atoms with E-state index in [0.29, 0.717) is 82.1 Å². The highest BCUT2D eigenvalue weighted by Gasteiger charge is 2.41. The standard InChI is InChI=1S/C65H95N11O18S4/c1-41(2)37-57(77)73-52(17-13-32-71-62(66)67)59(78)74-53(18-14-33-72-63(68)69)60(79)75-54(61(80)81)38-43-20-24-46(25-21-43)94-58-44(22-19-42(3)64(4,5)49-39-47(97(88,89)90)26-28-51(49)70-31-8-10-35-95(82,83)84)15-12-16-45(58)23-30-56-65(6,7)50-40-48(98(91,92)93)27-29-55(50)76(56)34-9-11-36-96(85,86)87/h19-30,39-42,52-54,70H,8-18,31-38H2,1-7H3,(H,73,77)(H,74,78)(H,75,79)(H,80,81)(H4,66,67,71)(H4,68,69,72)(H,82,83,84)(H,85,86,87)(H,88,89,90)(H,91,92,93)/b22-19+,45-23+,56-30+/t42?,52-,53-,54-/m0/s1. The molecule has 0 aromatic heterocycles. The molecule has 1 heterocycles. The van der Waals surface area contributed by atoms with Gasteiger partial charge in [0.05, 0.1) is 21.3 Å². The minimum atomic E-state index is -4.67. The second-order valence-corrected chi connectivity index (χ2v) is 31.9. The first kappa shape index (κ1) is 80.8. The zero-order valence-corrected chi connectivity index (χ0v) is 59.4. The normalized spacial score (nSPS) is 16.5. The lowest BCUT2D eigenvalue weighted by Crippen LogP contribution is -2.56. The number of fused-ring (bicyclic) bond motifs is 1. The third-order valence-corrected chi connectivity index (χ3v) is 20.3. The number of rotatable bonds is 38. The first-order chi connectivity index (χ1) is 45.6. The van der Waals surface area contributed by atoms with Crippen LogP contribution < -0.4 is 53.0 Å². The van der Waals surface area contributed by atoms with Crippen molar-refractivity contribution in [3.8, 4) is 5.75 Å². The fourth-order valence-electron chi connectivity index (χ4n) is 11.4.